The van der Waals surface area contributed by atoms with E-state index in [1.807, 2.05) is 23.5 Å². The van der Waals surface area contributed by atoms with Crippen molar-refractivity contribution in [1.29, 1.82) is 0 Å². The molecule has 3 aliphatic heterocycles. The third-order valence-corrected chi connectivity index (χ3v) is 7.45. The molecule has 5 heteroatoms. The van der Waals surface area contributed by atoms with E-state index in [-0.39, 0.29) is 0 Å². The molecule has 3 nitrogen and oxygen atoms in total. The molecule has 0 aromatic heterocycles. The Bertz CT molecular complexity index is 669. The Hall–Kier alpha value is -1.30. The number of rotatable bonds is 0. The van der Waals surface area contributed by atoms with Crippen molar-refractivity contribution in [3.63, 3.8) is 0 Å². The van der Waals surface area contributed by atoms with Gasteiger partial charge in [0.25, 0.3) is 0 Å². The van der Waals surface area contributed by atoms with E-state index in [1.54, 1.807) is 0 Å². The lowest BCUT2D eigenvalue weighted by molar-refractivity contribution is 0.167. The van der Waals surface area contributed by atoms with Gasteiger partial charge in [0, 0.05) is 23.0 Å². The van der Waals surface area contributed by atoms with E-state index in [2.05, 4.69) is 48.5 Å². The van der Waals surface area contributed by atoms with E-state index in [4.69, 9.17) is 14.2 Å². The van der Waals surface area contributed by atoms with Gasteiger partial charge in [-0.15, -0.1) is 0 Å². The molecule has 0 saturated heterocycles. The molecule has 6 rings (SSSR count). The Morgan fingerprint density at radius 1 is 0.552 bits per heavy atom. The van der Waals surface area contributed by atoms with E-state index in [1.165, 1.54) is 24.0 Å². The summed E-state index contributed by atoms with van der Waals surface area (Å²) in [5, 5.41) is 0. The highest BCUT2D eigenvalue weighted by molar-refractivity contribution is 7.99. The van der Waals surface area contributed by atoms with Gasteiger partial charge in [-0.25, -0.2) is 0 Å². The number of thioether (sulfide) groups is 2. The predicted octanol–water partition coefficient (Wildman–Crippen LogP) is 5.60. The van der Waals surface area contributed by atoms with Gasteiger partial charge in [-0.1, -0.05) is 24.3 Å². The number of ether oxygens (including phenoxy) is 3. The fourth-order valence-electron chi connectivity index (χ4n) is 3.90. The van der Waals surface area contributed by atoms with Gasteiger partial charge < -0.3 is 14.2 Å². The molecule has 156 valence electrons. The van der Waals surface area contributed by atoms with Crippen LogP contribution in [0.2, 0.25) is 0 Å². The summed E-state index contributed by atoms with van der Waals surface area (Å²) in [4.78, 5) is 0. The molecule has 3 heterocycles. The van der Waals surface area contributed by atoms with Crippen LogP contribution < -0.4 is 9.47 Å². The van der Waals surface area contributed by atoms with Gasteiger partial charge in [0.05, 0.1) is 26.4 Å². The minimum absolute atomic E-state index is 0.615. The molecule has 2 aromatic rings. The highest BCUT2D eigenvalue weighted by atomic mass is 32.2. The first-order valence-corrected chi connectivity index (χ1v) is 12.9. The maximum Gasteiger partial charge on any atom is 0.119 e. The van der Waals surface area contributed by atoms with Crippen molar-refractivity contribution in [1.82, 2.24) is 0 Å². The summed E-state index contributed by atoms with van der Waals surface area (Å²) in [6.07, 6.45) is 2.53. The largest absolute Gasteiger partial charge is 0.493 e. The topological polar surface area (TPSA) is 27.7 Å². The minimum atomic E-state index is 0.615. The van der Waals surface area contributed by atoms with Crippen molar-refractivity contribution in [2.24, 2.45) is 0 Å². The molecule has 0 spiro atoms. The molecular formula is C24H30O3S2. The average molecular weight is 431 g/mol. The van der Waals surface area contributed by atoms with Gasteiger partial charge in [0.1, 0.15) is 11.5 Å². The lowest BCUT2D eigenvalue weighted by atomic mass is 9.67. The standard InChI is InChI=1S/C24H30O3S2/c1-5-21-6-2-19(1)23-9-10-24(23)20-3-7-22(8-4-20)27-14-18-29-16-12-25-11-15-28-17-13-26-21/h1-8,23-24H,9-18H2/t23-,24+. The van der Waals surface area contributed by atoms with Crippen LogP contribution in [0.3, 0.4) is 0 Å². The van der Waals surface area contributed by atoms with Gasteiger partial charge >= 0.3 is 0 Å². The Morgan fingerprint density at radius 3 is 1.38 bits per heavy atom. The smallest absolute Gasteiger partial charge is 0.119 e. The predicted molar refractivity (Wildman–Crippen MR) is 124 cm³/mol. The molecule has 0 amide bonds. The Morgan fingerprint density at radius 2 is 0.966 bits per heavy atom. The minimum Gasteiger partial charge on any atom is -0.493 e. The molecule has 0 unspecified atom stereocenters. The lowest BCUT2D eigenvalue weighted by Gasteiger charge is -2.37. The van der Waals surface area contributed by atoms with Crippen molar-refractivity contribution < 1.29 is 14.2 Å². The van der Waals surface area contributed by atoms with E-state index in [0.29, 0.717) is 11.8 Å². The zero-order chi connectivity index (χ0) is 19.7. The molecule has 0 N–H and O–H groups in total. The summed E-state index contributed by atoms with van der Waals surface area (Å²) >= 11 is 3.78. The van der Waals surface area contributed by atoms with Crippen molar-refractivity contribution >= 4 is 23.5 Å². The van der Waals surface area contributed by atoms with Crippen molar-refractivity contribution in [3.05, 3.63) is 59.7 Å². The van der Waals surface area contributed by atoms with E-state index >= 15 is 0 Å². The van der Waals surface area contributed by atoms with Crippen LogP contribution in [0.5, 0.6) is 11.5 Å². The quantitative estimate of drug-likeness (QED) is 0.542. The zero-order valence-electron chi connectivity index (χ0n) is 16.9. The second-order valence-electron chi connectivity index (χ2n) is 7.46. The third-order valence-electron chi connectivity index (χ3n) is 5.63. The van der Waals surface area contributed by atoms with Gasteiger partial charge in [-0.3, -0.25) is 0 Å². The molecule has 1 saturated carbocycles. The Labute approximate surface area is 182 Å². The molecule has 1 aliphatic carbocycles. The SMILES string of the molecule is c1cc2ccc1OCCSCCOCCSCCOc1ccc(cc1)[C@@H]1CC[C@H]21. The van der Waals surface area contributed by atoms with Gasteiger partial charge in [-0.2, -0.15) is 23.5 Å². The molecule has 4 aliphatic rings. The van der Waals surface area contributed by atoms with Crippen molar-refractivity contribution in [3.8, 4) is 11.5 Å². The summed E-state index contributed by atoms with van der Waals surface area (Å²) in [5.74, 6) is 7.21. The molecule has 29 heavy (non-hydrogen) atoms. The molecule has 0 radical (unpaired) electrons. The van der Waals surface area contributed by atoms with E-state index in [9.17, 15) is 0 Å². The summed E-state index contributed by atoms with van der Waals surface area (Å²) < 4.78 is 17.5. The number of benzene rings is 2. The molecule has 1 fully saturated rings. The Balaban J connectivity index is 1.39. The lowest BCUT2D eigenvalue weighted by Crippen LogP contribution is -2.21. The fourth-order valence-corrected chi connectivity index (χ4v) is 5.18. The summed E-state index contributed by atoms with van der Waals surface area (Å²) in [5.41, 5.74) is 2.85. The van der Waals surface area contributed by atoms with Crippen LogP contribution in [0.25, 0.3) is 0 Å². The molecule has 2 atom stereocenters. The number of hydrogen-bond donors (Lipinski definition) is 0. The van der Waals surface area contributed by atoms with E-state index < -0.39 is 0 Å². The maximum atomic E-state index is 5.90. The summed E-state index contributed by atoms with van der Waals surface area (Å²) in [6.45, 7) is 3.12. The van der Waals surface area contributed by atoms with Gasteiger partial charge in [0.2, 0.25) is 0 Å². The normalized spacial score (nSPS) is 24.0. The van der Waals surface area contributed by atoms with Crippen LogP contribution >= 0.6 is 23.5 Å². The Kier molecular flexibility index (Phi) is 8.08. The van der Waals surface area contributed by atoms with Crippen LogP contribution in [0.1, 0.15) is 35.8 Å². The molecule has 4 bridgehead atoms. The summed E-state index contributed by atoms with van der Waals surface area (Å²) in [6, 6.07) is 17.5. The molecule has 2 aromatic carbocycles. The number of hydrogen-bond acceptors (Lipinski definition) is 5. The highest BCUT2D eigenvalue weighted by Crippen LogP contribution is 2.49. The third kappa shape index (κ3) is 6.09. The molecular weight excluding hydrogens is 400 g/mol. The van der Waals surface area contributed by atoms with Crippen LogP contribution in [0, 0.1) is 0 Å². The highest BCUT2D eigenvalue weighted by Gasteiger charge is 2.33. The first kappa shape index (κ1) is 21.0. The van der Waals surface area contributed by atoms with Crippen LogP contribution in [0.4, 0.5) is 0 Å². The van der Waals surface area contributed by atoms with E-state index in [0.717, 1.165) is 60.9 Å². The van der Waals surface area contributed by atoms with Gasteiger partial charge in [0.15, 0.2) is 0 Å². The van der Waals surface area contributed by atoms with Crippen LogP contribution in [0.15, 0.2) is 48.5 Å². The monoisotopic (exact) mass is 430 g/mol. The van der Waals surface area contributed by atoms with Gasteiger partial charge in [-0.05, 0) is 60.1 Å². The second-order valence-corrected chi connectivity index (χ2v) is 9.91. The first-order chi connectivity index (χ1) is 14.4. The average Bonchev–Trinajstić information content (AvgIpc) is 2.72. The fraction of sp³-hybridized carbons (Fsp3) is 0.500. The number of fused-ring (bicyclic) bond motifs is 2. The van der Waals surface area contributed by atoms with Crippen molar-refractivity contribution in [2.45, 2.75) is 24.7 Å². The van der Waals surface area contributed by atoms with Crippen LogP contribution in [-0.2, 0) is 4.74 Å². The zero-order valence-corrected chi connectivity index (χ0v) is 18.5. The second kappa shape index (κ2) is 11.2. The summed E-state index contributed by atoms with van der Waals surface area (Å²) in [7, 11) is 0. The maximum absolute atomic E-state index is 5.90. The van der Waals surface area contributed by atoms with Crippen molar-refractivity contribution in [2.75, 3.05) is 49.4 Å². The van der Waals surface area contributed by atoms with Crippen LogP contribution in [-0.4, -0.2) is 49.4 Å². The first-order valence-electron chi connectivity index (χ1n) is 10.6.